The second kappa shape index (κ2) is 6.45. The van der Waals surface area contributed by atoms with Gasteiger partial charge in [0.2, 0.25) is 5.91 Å². The highest BCUT2D eigenvalue weighted by Crippen LogP contribution is 2.25. The van der Waals surface area contributed by atoms with Gasteiger partial charge in [0.15, 0.2) is 0 Å². The minimum atomic E-state index is -0.966. The lowest BCUT2D eigenvalue weighted by Gasteiger charge is -2.26. The molecular formula is C16H23NO4. The van der Waals surface area contributed by atoms with Gasteiger partial charge in [0, 0.05) is 25.1 Å². The summed E-state index contributed by atoms with van der Waals surface area (Å²) in [6.07, 6.45) is 0.518. The lowest BCUT2D eigenvalue weighted by atomic mass is 9.96. The van der Waals surface area contributed by atoms with E-state index in [2.05, 4.69) is 5.32 Å². The Balaban J connectivity index is 1.94. The standard InChI is InChI=1S/C16H23NO4/c1-11-4-5-14(20-3)13(8-11)9-15(18)17-10-16(19)6-7-21-12(16)2/h4-5,8,12,19H,6-7,9-10H2,1-3H3,(H,17,18). The molecule has 0 aliphatic carbocycles. The molecule has 1 aliphatic heterocycles. The molecule has 0 bridgehead atoms. The Hall–Kier alpha value is -1.59. The van der Waals surface area contributed by atoms with Crippen molar-refractivity contribution < 1.29 is 19.4 Å². The van der Waals surface area contributed by atoms with Gasteiger partial charge < -0.3 is 19.9 Å². The van der Waals surface area contributed by atoms with Crippen LogP contribution in [0.15, 0.2) is 18.2 Å². The number of carbonyl (C=O) groups is 1. The van der Waals surface area contributed by atoms with Crippen molar-refractivity contribution >= 4 is 5.91 Å². The van der Waals surface area contributed by atoms with Crippen LogP contribution >= 0.6 is 0 Å². The largest absolute Gasteiger partial charge is 0.496 e. The summed E-state index contributed by atoms with van der Waals surface area (Å²) in [6, 6.07) is 5.74. The molecule has 0 aromatic heterocycles. The van der Waals surface area contributed by atoms with Crippen molar-refractivity contribution in [2.45, 2.75) is 38.4 Å². The fourth-order valence-electron chi connectivity index (χ4n) is 2.54. The third-order valence-corrected chi connectivity index (χ3v) is 4.04. The van der Waals surface area contributed by atoms with Gasteiger partial charge in [0.1, 0.15) is 11.4 Å². The monoisotopic (exact) mass is 293 g/mol. The summed E-state index contributed by atoms with van der Waals surface area (Å²) in [5.41, 5.74) is 0.958. The van der Waals surface area contributed by atoms with E-state index in [1.807, 2.05) is 32.0 Å². The number of ether oxygens (including phenoxy) is 2. The molecule has 116 valence electrons. The third-order valence-electron chi connectivity index (χ3n) is 4.04. The first-order chi connectivity index (χ1) is 9.94. The zero-order valence-electron chi connectivity index (χ0n) is 12.8. The molecule has 1 amide bonds. The van der Waals surface area contributed by atoms with E-state index in [0.29, 0.717) is 18.8 Å². The van der Waals surface area contributed by atoms with Crippen LogP contribution in [-0.4, -0.2) is 43.0 Å². The van der Waals surface area contributed by atoms with Crippen LogP contribution in [-0.2, 0) is 16.0 Å². The topological polar surface area (TPSA) is 67.8 Å². The van der Waals surface area contributed by atoms with Crippen molar-refractivity contribution in [3.63, 3.8) is 0 Å². The summed E-state index contributed by atoms with van der Waals surface area (Å²) < 4.78 is 10.6. The van der Waals surface area contributed by atoms with E-state index >= 15 is 0 Å². The Kier molecular flexibility index (Phi) is 4.85. The highest BCUT2D eigenvalue weighted by molar-refractivity contribution is 5.79. The van der Waals surface area contributed by atoms with Crippen molar-refractivity contribution in [1.29, 1.82) is 0 Å². The number of methoxy groups -OCH3 is 1. The van der Waals surface area contributed by atoms with Gasteiger partial charge in [-0.25, -0.2) is 0 Å². The zero-order chi connectivity index (χ0) is 15.5. The normalized spacial score (nSPS) is 24.9. The molecule has 21 heavy (non-hydrogen) atoms. The second-order valence-corrected chi connectivity index (χ2v) is 5.64. The summed E-state index contributed by atoms with van der Waals surface area (Å²) in [7, 11) is 1.59. The summed E-state index contributed by atoms with van der Waals surface area (Å²) in [4.78, 5) is 12.1. The number of hydrogen-bond acceptors (Lipinski definition) is 4. The smallest absolute Gasteiger partial charge is 0.224 e. The van der Waals surface area contributed by atoms with Crippen molar-refractivity contribution in [1.82, 2.24) is 5.32 Å². The van der Waals surface area contributed by atoms with Crippen LogP contribution in [0.2, 0.25) is 0 Å². The predicted molar refractivity (Wildman–Crippen MR) is 79.4 cm³/mol. The number of nitrogens with one attached hydrogen (secondary N) is 1. The quantitative estimate of drug-likeness (QED) is 0.856. The van der Waals surface area contributed by atoms with E-state index < -0.39 is 5.60 Å². The molecule has 2 N–H and O–H groups in total. The fourth-order valence-corrected chi connectivity index (χ4v) is 2.54. The van der Waals surface area contributed by atoms with E-state index in [9.17, 15) is 9.90 Å². The fraction of sp³-hybridized carbons (Fsp3) is 0.562. The average Bonchev–Trinajstić information content (AvgIpc) is 2.77. The molecule has 1 aromatic rings. The number of aryl methyl sites for hydroxylation is 1. The van der Waals surface area contributed by atoms with Crippen LogP contribution in [0.1, 0.15) is 24.5 Å². The van der Waals surface area contributed by atoms with Crippen LogP contribution in [0.5, 0.6) is 5.75 Å². The molecule has 2 atom stereocenters. The maximum absolute atomic E-state index is 12.1. The van der Waals surface area contributed by atoms with Gasteiger partial charge >= 0.3 is 0 Å². The first-order valence-electron chi connectivity index (χ1n) is 7.19. The maximum atomic E-state index is 12.1. The molecule has 5 nitrogen and oxygen atoms in total. The minimum Gasteiger partial charge on any atom is -0.496 e. The Bertz CT molecular complexity index is 517. The van der Waals surface area contributed by atoms with Crippen LogP contribution < -0.4 is 10.1 Å². The molecule has 0 spiro atoms. The Morgan fingerprint density at radius 3 is 2.95 bits per heavy atom. The Labute approximate surface area is 125 Å². The molecule has 1 saturated heterocycles. The summed E-state index contributed by atoms with van der Waals surface area (Å²) in [5.74, 6) is 0.568. The lowest BCUT2D eigenvalue weighted by Crippen LogP contribution is -2.47. The number of carbonyl (C=O) groups excluding carboxylic acids is 1. The molecule has 0 radical (unpaired) electrons. The van der Waals surface area contributed by atoms with Gasteiger partial charge in [-0.15, -0.1) is 0 Å². The summed E-state index contributed by atoms with van der Waals surface area (Å²) in [6.45, 7) is 4.53. The van der Waals surface area contributed by atoms with Crippen molar-refractivity contribution in [3.8, 4) is 5.75 Å². The number of aliphatic hydroxyl groups is 1. The molecule has 2 unspecified atom stereocenters. The van der Waals surface area contributed by atoms with Crippen molar-refractivity contribution in [2.75, 3.05) is 20.3 Å². The van der Waals surface area contributed by atoms with E-state index in [1.165, 1.54) is 0 Å². The van der Waals surface area contributed by atoms with Gasteiger partial charge in [-0.3, -0.25) is 4.79 Å². The van der Waals surface area contributed by atoms with E-state index in [1.54, 1.807) is 7.11 Å². The first-order valence-corrected chi connectivity index (χ1v) is 7.19. The summed E-state index contributed by atoms with van der Waals surface area (Å²) >= 11 is 0. The number of amides is 1. The molecule has 1 aliphatic rings. The van der Waals surface area contributed by atoms with Crippen molar-refractivity contribution in [3.05, 3.63) is 29.3 Å². The predicted octanol–water partition coefficient (Wildman–Crippen LogP) is 1.20. The molecule has 1 fully saturated rings. The maximum Gasteiger partial charge on any atom is 0.224 e. The summed E-state index contributed by atoms with van der Waals surface area (Å²) in [5, 5.41) is 13.1. The highest BCUT2D eigenvalue weighted by Gasteiger charge is 2.39. The lowest BCUT2D eigenvalue weighted by molar-refractivity contribution is -0.122. The van der Waals surface area contributed by atoms with Crippen LogP contribution in [0.25, 0.3) is 0 Å². The van der Waals surface area contributed by atoms with E-state index in [-0.39, 0.29) is 25.0 Å². The molecule has 5 heteroatoms. The van der Waals surface area contributed by atoms with Gasteiger partial charge in [-0.1, -0.05) is 17.7 Å². The van der Waals surface area contributed by atoms with Gasteiger partial charge in [0.05, 0.1) is 19.6 Å². The van der Waals surface area contributed by atoms with E-state index in [0.717, 1.165) is 11.1 Å². The minimum absolute atomic E-state index is 0.133. The zero-order valence-corrected chi connectivity index (χ0v) is 12.8. The number of hydrogen-bond donors (Lipinski definition) is 2. The molecule has 1 aromatic carbocycles. The molecular weight excluding hydrogens is 270 g/mol. The van der Waals surface area contributed by atoms with Crippen LogP contribution in [0, 0.1) is 6.92 Å². The van der Waals surface area contributed by atoms with Gasteiger partial charge in [-0.05, 0) is 19.9 Å². The molecule has 0 saturated carbocycles. The van der Waals surface area contributed by atoms with Crippen molar-refractivity contribution in [2.24, 2.45) is 0 Å². The van der Waals surface area contributed by atoms with Gasteiger partial charge in [-0.2, -0.15) is 0 Å². The van der Waals surface area contributed by atoms with E-state index in [4.69, 9.17) is 9.47 Å². The van der Waals surface area contributed by atoms with Crippen LogP contribution in [0.4, 0.5) is 0 Å². The average molecular weight is 293 g/mol. The number of rotatable bonds is 5. The first kappa shape index (κ1) is 15.8. The highest BCUT2D eigenvalue weighted by atomic mass is 16.5. The Morgan fingerprint density at radius 1 is 1.57 bits per heavy atom. The molecule has 1 heterocycles. The van der Waals surface area contributed by atoms with Gasteiger partial charge in [0.25, 0.3) is 0 Å². The third kappa shape index (κ3) is 3.74. The second-order valence-electron chi connectivity index (χ2n) is 5.64. The molecule has 2 rings (SSSR count). The van der Waals surface area contributed by atoms with Crippen LogP contribution in [0.3, 0.4) is 0 Å². The Morgan fingerprint density at radius 2 is 2.33 bits per heavy atom. The SMILES string of the molecule is COc1ccc(C)cc1CC(=O)NCC1(O)CCOC1C. The number of benzene rings is 1.